The van der Waals surface area contributed by atoms with Crippen molar-refractivity contribution in [3.63, 3.8) is 0 Å². The first-order chi connectivity index (χ1) is 12.6. The van der Waals surface area contributed by atoms with Crippen LogP contribution in [0.25, 0.3) is 0 Å². The molecule has 6 heteroatoms. The van der Waals surface area contributed by atoms with Gasteiger partial charge in [0.1, 0.15) is 0 Å². The van der Waals surface area contributed by atoms with Crippen LogP contribution in [0.15, 0.2) is 82.0 Å². The first-order valence-corrected chi connectivity index (χ1v) is 8.22. The molecule has 0 fully saturated rings. The molecule has 26 heavy (non-hydrogen) atoms. The van der Waals surface area contributed by atoms with Crippen molar-refractivity contribution in [3.05, 3.63) is 71.8 Å². The van der Waals surface area contributed by atoms with Crippen LogP contribution in [0, 0.1) is 0 Å². The second-order valence-electron chi connectivity index (χ2n) is 6.03. The lowest BCUT2D eigenvalue weighted by atomic mass is 10.0. The number of amides is 2. The van der Waals surface area contributed by atoms with Crippen LogP contribution in [-0.4, -0.2) is 23.2 Å². The Hall–Kier alpha value is -3.54. The molecule has 2 aliphatic heterocycles. The van der Waals surface area contributed by atoms with Crippen LogP contribution in [0.4, 0.5) is 11.4 Å². The van der Waals surface area contributed by atoms with Gasteiger partial charge < -0.3 is 0 Å². The van der Waals surface area contributed by atoms with Crippen molar-refractivity contribution < 1.29 is 9.59 Å². The Morgan fingerprint density at radius 1 is 0.615 bits per heavy atom. The SMILES string of the molecule is CC1=NN(c2ccccc2)C(=O)/C1=C1\C(=O)N(c2ccccc2)N=C1C. The third kappa shape index (κ3) is 2.43. The molecule has 0 saturated heterocycles. The predicted molar refractivity (Wildman–Crippen MR) is 101 cm³/mol. The smallest absolute Gasteiger partial charge is 0.267 e. The van der Waals surface area contributed by atoms with Gasteiger partial charge in [-0.05, 0) is 38.1 Å². The highest BCUT2D eigenvalue weighted by Crippen LogP contribution is 2.30. The van der Waals surface area contributed by atoms with Crippen LogP contribution in [0.2, 0.25) is 0 Å². The van der Waals surface area contributed by atoms with Gasteiger partial charge in [0, 0.05) is 0 Å². The number of para-hydroxylation sites is 2. The molecule has 0 aromatic heterocycles. The minimum atomic E-state index is -0.318. The van der Waals surface area contributed by atoms with Crippen LogP contribution in [0.5, 0.6) is 0 Å². The Bertz CT molecular complexity index is 909. The van der Waals surface area contributed by atoms with E-state index in [1.54, 1.807) is 38.1 Å². The number of benzene rings is 2. The maximum Gasteiger partial charge on any atom is 0.281 e. The molecular weight excluding hydrogens is 328 g/mol. The molecule has 0 aliphatic carbocycles. The van der Waals surface area contributed by atoms with E-state index in [4.69, 9.17) is 0 Å². The van der Waals surface area contributed by atoms with Gasteiger partial charge in [-0.1, -0.05) is 36.4 Å². The fourth-order valence-corrected chi connectivity index (χ4v) is 3.08. The Kier molecular flexibility index (Phi) is 3.73. The molecule has 2 aliphatic rings. The zero-order chi connectivity index (χ0) is 18.3. The number of hydrogen-bond acceptors (Lipinski definition) is 4. The molecule has 0 spiro atoms. The van der Waals surface area contributed by atoms with E-state index in [0.29, 0.717) is 33.9 Å². The Balaban J connectivity index is 1.76. The average Bonchev–Trinajstić information content (AvgIpc) is 3.12. The Labute approximate surface area is 150 Å². The zero-order valence-electron chi connectivity index (χ0n) is 14.4. The first-order valence-electron chi connectivity index (χ1n) is 8.22. The molecule has 0 atom stereocenters. The molecule has 0 radical (unpaired) electrons. The fourth-order valence-electron chi connectivity index (χ4n) is 3.08. The molecule has 2 aromatic carbocycles. The number of rotatable bonds is 2. The highest BCUT2D eigenvalue weighted by Gasteiger charge is 2.39. The summed E-state index contributed by atoms with van der Waals surface area (Å²) in [5.74, 6) is -0.636. The number of nitrogens with zero attached hydrogens (tertiary/aromatic N) is 4. The van der Waals surface area contributed by atoms with Gasteiger partial charge in [0.15, 0.2) is 0 Å². The van der Waals surface area contributed by atoms with Crippen molar-refractivity contribution in [2.75, 3.05) is 10.0 Å². The summed E-state index contributed by atoms with van der Waals surface area (Å²) in [5.41, 5.74) is 2.94. The van der Waals surface area contributed by atoms with E-state index in [1.165, 1.54) is 10.0 Å². The van der Waals surface area contributed by atoms with Crippen molar-refractivity contribution in [1.29, 1.82) is 0 Å². The monoisotopic (exact) mass is 344 g/mol. The summed E-state index contributed by atoms with van der Waals surface area (Å²) in [4.78, 5) is 25.9. The summed E-state index contributed by atoms with van der Waals surface area (Å²) >= 11 is 0. The lowest BCUT2D eigenvalue weighted by molar-refractivity contribution is -0.116. The molecular formula is C20H16N4O2. The van der Waals surface area contributed by atoms with Gasteiger partial charge in [-0.3, -0.25) is 9.59 Å². The minimum absolute atomic E-state index is 0.304. The number of carbonyl (C=O) groups is 2. The maximum atomic E-state index is 13.0. The third-order valence-electron chi connectivity index (χ3n) is 4.29. The highest BCUT2D eigenvalue weighted by atomic mass is 16.2. The van der Waals surface area contributed by atoms with Gasteiger partial charge in [-0.2, -0.15) is 20.2 Å². The summed E-state index contributed by atoms with van der Waals surface area (Å²) in [7, 11) is 0. The van der Waals surface area contributed by atoms with E-state index in [9.17, 15) is 9.59 Å². The molecule has 2 heterocycles. The standard InChI is InChI=1S/C20H16N4O2/c1-13-17(19(25)23(21-13)15-9-5-3-6-10-15)18-14(2)22-24(20(18)26)16-11-7-4-8-12-16/h3-12H,1-2H3/b18-17-. The van der Waals surface area contributed by atoms with Crippen molar-refractivity contribution in [2.45, 2.75) is 13.8 Å². The van der Waals surface area contributed by atoms with Crippen molar-refractivity contribution in [3.8, 4) is 0 Å². The Morgan fingerprint density at radius 3 is 1.31 bits per heavy atom. The van der Waals surface area contributed by atoms with E-state index in [0.717, 1.165) is 0 Å². The normalized spacial score (nSPS) is 19.9. The number of carbonyl (C=O) groups excluding carboxylic acids is 2. The summed E-state index contributed by atoms with van der Waals surface area (Å²) < 4.78 is 0. The Morgan fingerprint density at radius 2 is 0.962 bits per heavy atom. The number of hydrazone groups is 2. The number of hydrogen-bond donors (Lipinski definition) is 0. The van der Waals surface area contributed by atoms with Gasteiger partial charge >= 0.3 is 0 Å². The van der Waals surface area contributed by atoms with E-state index in [-0.39, 0.29) is 11.8 Å². The molecule has 0 N–H and O–H groups in total. The molecule has 128 valence electrons. The van der Waals surface area contributed by atoms with Crippen LogP contribution in [-0.2, 0) is 9.59 Å². The molecule has 2 aromatic rings. The van der Waals surface area contributed by atoms with E-state index >= 15 is 0 Å². The molecule has 2 amide bonds. The molecule has 0 saturated carbocycles. The second-order valence-corrected chi connectivity index (χ2v) is 6.03. The topological polar surface area (TPSA) is 65.3 Å². The average molecular weight is 344 g/mol. The predicted octanol–water partition coefficient (Wildman–Crippen LogP) is 3.13. The molecule has 4 rings (SSSR count). The van der Waals surface area contributed by atoms with Crippen LogP contribution >= 0.6 is 0 Å². The maximum absolute atomic E-state index is 13.0. The summed E-state index contributed by atoms with van der Waals surface area (Å²) in [6.45, 7) is 3.46. The van der Waals surface area contributed by atoms with Crippen LogP contribution in [0.1, 0.15) is 13.8 Å². The van der Waals surface area contributed by atoms with Crippen molar-refractivity contribution >= 4 is 34.6 Å². The third-order valence-corrected chi connectivity index (χ3v) is 4.29. The van der Waals surface area contributed by atoms with Gasteiger partial charge in [0.05, 0.1) is 33.9 Å². The summed E-state index contributed by atoms with van der Waals surface area (Å²) in [5, 5.41) is 11.3. The van der Waals surface area contributed by atoms with E-state index in [2.05, 4.69) is 10.2 Å². The largest absolute Gasteiger partial charge is 0.281 e. The summed E-state index contributed by atoms with van der Waals surface area (Å²) in [6, 6.07) is 18.3. The van der Waals surface area contributed by atoms with E-state index in [1.807, 2.05) is 36.4 Å². The number of anilines is 2. The van der Waals surface area contributed by atoms with E-state index < -0.39 is 0 Å². The van der Waals surface area contributed by atoms with Crippen molar-refractivity contribution in [2.24, 2.45) is 10.2 Å². The first kappa shape index (κ1) is 16.0. The van der Waals surface area contributed by atoms with Crippen LogP contribution < -0.4 is 10.0 Å². The van der Waals surface area contributed by atoms with Gasteiger partial charge in [0.25, 0.3) is 11.8 Å². The minimum Gasteiger partial charge on any atom is -0.267 e. The second kappa shape index (κ2) is 6.07. The molecule has 0 unspecified atom stereocenters. The van der Waals surface area contributed by atoms with Crippen LogP contribution in [0.3, 0.4) is 0 Å². The van der Waals surface area contributed by atoms with Gasteiger partial charge in [-0.25, -0.2) is 0 Å². The lowest BCUT2D eigenvalue weighted by Crippen LogP contribution is -2.27. The zero-order valence-corrected chi connectivity index (χ0v) is 14.4. The summed E-state index contributed by atoms with van der Waals surface area (Å²) in [6.07, 6.45) is 0. The fraction of sp³-hybridized carbons (Fsp3) is 0.100. The lowest BCUT2D eigenvalue weighted by Gasteiger charge is -2.13. The molecule has 0 bridgehead atoms. The highest BCUT2D eigenvalue weighted by molar-refractivity contribution is 6.41. The quantitative estimate of drug-likeness (QED) is 0.786. The van der Waals surface area contributed by atoms with Gasteiger partial charge in [-0.15, -0.1) is 0 Å². The van der Waals surface area contributed by atoms with Crippen molar-refractivity contribution in [1.82, 2.24) is 0 Å². The van der Waals surface area contributed by atoms with Gasteiger partial charge in [0.2, 0.25) is 0 Å². The molecule has 6 nitrogen and oxygen atoms in total.